The largest absolute Gasteiger partial charge is 0.433 e. The fourth-order valence-electron chi connectivity index (χ4n) is 2.16. The maximum atomic E-state index is 13.0. The summed E-state index contributed by atoms with van der Waals surface area (Å²) >= 11 is 0. The summed E-state index contributed by atoms with van der Waals surface area (Å²) in [5.74, 6) is 0. The number of H-pyrrole nitrogens is 1. The minimum atomic E-state index is -4.58. The highest BCUT2D eigenvalue weighted by atomic mass is 19.4. The topological polar surface area (TPSA) is 86.7 Å². The van der Waals surface area contributed by atoms with Gasteiger partial charge in [0.05, 0.1) is 24.0 Å². The molecule has 0 saturated heterocycles. The molecule has 0 fully saturated rings. The van der Waals surface area contributed by atoms with Crippen molar-refractivity contribution in [2.24, 2.45) is 0 Å². The Kier molecular flexibility index (Phi) is 3.87. The average Bonchev–Trinajstić information content (AvgIpc) is 2.96. The number of pyridine rings is 2. The van der Waals surface area contributed by atoms with Gasteiger partial charge in [-0.25, -0.2) is 4.98 Å². The predicted octanol–water partition coefficient (Wildman–Crippen LogP) is 2.44. The Hall–Kier alpha value is -2.68. The third-order valence-electron chi connectivity index (χ3n) is 3.16. The summed E-state index contributed by atoms with van der Waals surface area (Å²) in [6, 6.07) is 4.01. The molecule has 0 unspecified atom stereocenters. The number of hydrogen-bond donors (Lipinski definition) is 3. The van der Waals surface area contributed by atoms with Crippen LogP contribution in [0.15, 0.2) is 30.6 Å². The van der Waals surface area contributed by atoms with Crippen LogP contribution in [0.25, 0.3) is 22.3 Å². The van der Waals surface area contributed by atoms with E-state index in [9.17, 15) is 13.2 Å². The maximum Gasteiger partial charge on any atom is 0.433 e. The molecule has 0 atom stereocenters. The number of anilines is 1. The number of aliphatic hydroxyl groups is 1. The van der Waals surface area contributed by atoms with E-state index >= 15 is 0 Å². The van der Waals surface area contributed by atoms with Crippen molar-refractivity contribution >= 4 is 16.6 Å². The van der Waals surface area contributed by atoms with Crippen molar-refractivity contribution in [1.82, 2.24) is 20.2 Å². The minimum absolute atomic E-state index is 0.0812. The Morgan fingerprint density at radius 1 is 1.26 bits per heavy atom. The van der Waals surface area contributed by atoms with Gasteiger partial charge >= 0.3 is 6.18 Å². The molecule has 0 aliphatic heterocycles. The lowest BCUT2D eigenvalue weighted by Crippen LogP contribution is -2.12. The second kappa shape index (κ2) is 5.84. The van der Waals surface area contributed by atoms with Gasteiger partial charge in [0, 0.05) is 23.8 Å². The molecule has 3 N–H and O–H groups in total. The summed E-state index contributed by atoms with van der Waals surface area (Å²) in [5.41, 5.74) is 0.173. The van der Waals surface area contributed by atoms with Gasteiger partial charge in [-0.15, -0.1) is 0 Å². The maximum absolute atomic E-state index is 13.0. The summed E-state index contributed by atoms with van der Waals surface area (Å²) < 4.78 is 39.1. The number of halogens is 3. The lowest BCUT2D eigenvalue weighted by Gasteiger charge is -2.11. The number of nitrogens with one attached hydrogen (secondary N) is 2. The van der Waals surface area contributed by atoms with E-state index in [1.807, 2.05) is 0 Å². The Morgan fingerprint density at radius 2 is 2.09 bits per heavy atom. The lowest BCUT2D eigenvalue weighted by molar-refractivity contribution is -0.141. The molecule has 3 aromatic heterocycles. The standard InChI is InChI=1S/C14H12F3N5O/c15-14(16,17)12-6-8(19-3-4-23)5-10(20-12)13-9-1-2-18-7-11(9)21-22-13/h1-2,5-7,23H,3-4H2,(H,19,20)(H,21,22). The molecule has 120 valence electrons. The fourth-order valence-corrected chi connectivity index (χ4v) is 2.16. The fraction of sp³-hybridized carbons (Fsp3) is 0.214. The first-order chi connectivity index (χ1) is 11.0. The van der Waals surface area contributed by atoms with Crippen LogP contribution in [-0.2, 0) is 6.18 Å². The van der Waals surface area contributed by atoms with Crippen molar-refractivity contribution in [1.29, 1.82) is 0 Å². The first kappa shape index (κ1) is 15.2. The lowest BCUT2D eigenvalue weighted by atomic mass is 10.1. The van der Waals surface area contributed by atoms with Crippen LogP contribution in [0.3, 0.4) is 0 Å². The Labute approximate surface area is 128 Å². The molecule has 0 amide bonds. The number of fused-ring (bicyclic) bond motifs is 1. The molecular formula is C14H12F3N5O. The SMILES string of the molecule is OCCNc1cc(-c2n[nH]c3cnccc23)nc(C(F)(F)F)c1. The van der Waals surface area contributed by atoms with E-state index in [0.29, 0.717) is 16.6 Å². The number of alkyl halides is 3. The van der Waals surface area contributed by atoms with E-state index in [4.69, 9.17) is 5.11 Å². The van der Waals surface area contributed by atoms with Gasteiger partial charge in [0.1, 0.15) is 11.4 Å². The van der Waals surface area contributed by atoms with E-state index in [0.717, 1.165) is 6.07 Å². The van der Waals surface area contributed by atoms with Gasteiger partial charge in [0.25, 0.3) is 0 Å². The van der Waals surface area contributed by atoms with Crippen molar-refractivity contribution in [2.75, 3.05) is 18.5 Å². The van der Waals surface area contributed by atoms with Crippen molar-refractivity contribution in [3.05, 3.63) is 36.3 Å². The second-order valence-electron chi connectivity index (χ2n) is 4.77. The van der Waals surface area contributed by atoms with Gasteiger partial charge in [-0.2, -0.15) is 18.3 Å². The van der Waals surface area contributed by atoms with Crippen LogP contribution >= 0.6 is 0 Å². The van der Waals surface area contributed by atoms with Gasteiger partial charge in [-0.3, -0.25) is 10.1 Å². The normalized spacial score (nSPS) is 11.8. The zero-order chi connectivity index (χ0) is 16.4. The smallest absolute Gasteiger partial charge is 0.395 e. The second-order valence-corrected chi connectivity index (χ2v) is 4.77. The van der Waals surface area contributed by atoms with Gasteiger partial charge < -0.3 is 10.4 Å². The highest BCUT2D eigenvalue weighted by Crippen LogP contribution is 2.33. The van der Waals surface area contributed by atoms with Crippen LogP contribution in [0.5, 0.6) is 0 Å². The molecule has 0 aliphatic carbocycles. The first-order valence-corrected chi connectivity index (χ1v) is 6.71. The Balaban J connectivity index is 2.14. The minimum Gasteiger partial charge on any atom is -0.395 e. The van der Waals surface area contributed by atoms with Gasteiger partial charge in [-0.1, -0.05) is 0 Å². The highest BCUT2D eigenvalue weighted by Gasteiger charge is 2.33. The van der Waals surface area contributed by atoms with E-state index in [1.54, 1.807) is 6.07 Å². The van der Waals surface area contributed by atoms with Crippen LogP contribution in [0.1, 0.15) is 5.69 Å². The molecule has 0 aliphatic rings. The molecule has 0 saturated carbocycles. The van der Waals surface area contributed by atoms with Crippen LogP contribution in [-0.4, -0.2) is 38.4 Å². The van der Waals surface area contributed by atoms with E-state index in [2.05, 4.69) is 25.5 Å². The number of aromatic nitrogens is 4. The summed E-state index contributed by atoms with van der Waals surface area (Å²) in [4.78, 5) is 7.60. The van der Waals surface area contributed by atoms with Crippen molar-refractivity contribution in [3.8, 4) is 11.4 Å². The molecule has 3 aromatic rings. The summed E-state index contributed by atoms with van der Waals surface area (Å²) in [6.07, 6.45) is -1.52. The summed E-state index contributed by atoms with van der Waals surface area (Å²) in [6.45, 7) is -0.0675. The third kappa shape index (κ3) is 3.09. The summed E-state index contributed by atoms with van der Waals surface area (Å²) in [7, 11) is 0. The molecule has 9 heteroatoms. The molecule has 6 nitrogen and oxygen atoms in total. The highest BCUT2D eigenvalue weighted by molar-refractivity contribution is 5.91. The van der Waals surface area contributed by atoms with Gasteiger partial charge in [0.2, 0.25) is 0 Å². The van der Waals surface area contributed by atoms with Crippen molar-refractivity contribution in [2.45, 2.75) is 6.18 Å². The molecule has 23 heavy (non-hydrogen) atoms. The monoisotopic (exact) mass is 323 g/mol. The number of aromatic amines is 1. The van der Waals surface area contributed by atoms with E-state index in [1.165, 1.54) is 18.5 Å². The van der Waals surface area contributed by atoms with Gasteiger partial charge in [-0.05, 0) is 18.2 Å². The predicted molar refractivity (Wildman–Crippen MR) is 77.7 cm³/mol. The van der Waals surface area contributed by atoms with Crippen molar-refractivity contribution < 1.29 is 18.3 Å². The summed E-state index contributed by atoms with van der Waals surface area (Å²) in [5, 5.41) is 18.9. The van der Waals surface area contributed by atoms with Crippen molar-refractivity contribution in [3.63, 3.8) is 0 Å². The van der Waals surface area contributed by atoms with Crippen LogP contribution in [0.2, 0.25) is 0 Å². The van der Waals surface area contributed by atoms with Crippen LogP contribution in [0.4, 0.5) is 18.9 Å². The molecule has 3 rings (SSSR count). The van der Waals surface area contributed by atoms with Gasteiger partial charge in [0.15, 0.2) is 0 Å². The van der Waals surface area contributed by atoms with Crippen LogP contribution in [0, 0.1) is 0 Å². The van der Waals surface area contributed by atoms with E-state index < -0.39 is 11.9 Å². The number of nitrogens with zero attached hydrogens (tertiary/aromatic N) is 3. The average molecular weight is 323 g/mol. The number of hydrogen-bond acceptors (Lipinski definition) is 5. The molecule has 0 spiro atoms. The molecule has 0 bridgehead atoms. The molecular weight excluding hydrogens is 311 g/mol. The molecule has 3 heterocycles. The number of aliphatic hydroxyl groups excluding tert-OH is 1. The zero-order valence-electron chi connectivity index (χ0n) is 11.7. The quantitative estimate of drug-likeness (QED) is 0.686. The molecule has 0 radical (unpaired) electrons. The zero-order valence-corrected chi connectivity index (χ0v) is 11.7. The van der Waals surface area contributed by atoms with Crippen LogP contribution < -0.4 is 5.32 Å². The Morgan fingerprint density at radius 3 is 2.83 bits per heavy atom. The third-order valence-corrected chi connectivity index (χ3v) is 3.16. The Bertz CT molecular complexity index is 831. The molecule has 0 aromatic carbocycles. The van der Waals surface area contributed by atoms with E-state index in [-0.39, 0.29) is 24.5 Å². The first-order valence-electron chi connectivity index (χ1n) is 6.71. The number of rotatable bonds is 4.